The van der Waals surface area contributed by atoms with Gasteiger partial charge in [0, 0.05) is 16.4 Å². The van der Waals surface area contributed by atoms with E-state index in [1.807, 2.05) is 6.92 Å². The Hall–Kier alpha value is -0.950. The van der Waals surface area contributed by atoms with Crippen LogP contribution < -0.4 is 10.6 Å². The summed E-state index contributed by atoms with van der Waals surface area (Å²) in [5.41, 5.74) is -0.237. The number of alkyl halides is 3. The van der Waals surface area contributed by atoms with Crippen molar-refractivity contribution >= 4 is 57.2 Å². The zero-order chi connectivity index (χ0) is 18.4. The number of thiazole rings is 1. The summed E-state index contributed by atoms with van der Waals surface area (Å²) in [7, 11) is 0. The second-order valence-corrected chi connectivity index (χ2v) is 6.81. The Morgan fingerprint density at radius 3 is 2.58 bits per heavy atom. The zero-order valence-electron chi connectivity index (χ0n) is 13.5. The van der Waals surface area contributed by atoms with E-state index in [0.29, 0.717) is 27.5 Å². The fraction of sp³-hybridized carbons (Fsp3) is 0.333. The first-order chi connectivity index (χ1) is 11.8. The average molecular weight is 567 g/mol. The third kappa shape index (κ3) is 7.35. The minimum atomic E-state index is -4.45. The maximum absolute atomic E-state index is 13.4. The molecule has 0 radical (unpaired) electrons. The van der Waals surface area contributed by atoms with Gasteiger partial charge < -0.3 is 10.6 Å². The van der Waals surface area contributed by atoms with Crippen molar-refractivity contribution in [2.75, 3.05) is 6.54 Å². The number of hydrogen-bond donors (Lipinski definition) is 2. The molecule has 0 atom stereocenters. The highest BCUT2D eigenvalue weighted by Gasteiger charge is 2.33. The molecule has 0 unspecified atom stereocenters. The van der Waals surface area contributed by atoms with Gasteiger partial charge in [-0.25, -0.2) is 14.4 Å². The Labute approximate surface area is 177 Å². The van der Waals surface area contributed by atoms with Crippen molar-refractivity contribution in [3.8, 4) is 0 Å². The first-order valence-electron chi connectivity index (χ1n) is 7.26. The highest BCUT2D eigenvalue weighted by molar-refractivity contribution is 14.0. The fourth-order valence-electron chi connectivity index (χ4n) is 1.90. The van der Waals surface area contributed by atoms with E-state index >= 15 is 0 Å². The lowest BCUT2D eigenvalue weighted by molar-refractivity contribution is -0.140. The highest BCUT2D eigenvalue weighted by Crippen LogP contribution is 2.29. The molecular formula is C15H16BrF4IN4S. The fourth-order valence-corrected chi connectivity index (χ4v) is 3.15. The zero-order valence-corrected chi connectivity index (χ0v) is 18.3. The summed E-state index contributed by atoms with van der Waals surface area (Å²) < 4.78 is 51.6. The standard InChI is InChI=1S/C15H15BrF4N4S.HI/c1-2-21-14(22-6-9-3-10(16)5-11(17)4-9)23-7-13-24-12(8-25-13)15(18,19)20;/h3-5,8H,2,6-7H2,1H3,(H2,21,22,23);1H. The van der Waals surface area contributed by atoms with Crippen LogP contribution in [0.15, 0.2) is 33.0 Å². The number of benzene rings is 1. The largest absolute Gasteiger partial charge is 0.434 e. The summed E-state index contributed by atoms with van der Waals surface area (Å²) in [4.78, 5) is 7.85. The van der Waals surface area contributed by atoms with Crippen LogP contribution in [0, 0.1) is 5.82 Å². The molecule has 0 spiro atoms. The molecular weight excluding hydrogens is 551 g/mol. The topological polar surface area (TPSA) is 49.3 Å². The second-order valence-electron chi connectivity index (χ2n) is 4.95. The van der Waals surface area contributed by atoms with Gasteiger partial charge in [0.05, 0.1) is 13.1 Å². The van der Waals surface area contributed by atoms with Gasteiger partial charge in [0.2, 0.25) is 0 Å². The van der Waals surface area contributed by atoms with Crippen molar-refractivity contribution in [3.63, 3.8) is 0 Å². The van der Waals surface area contributed by atoms with E-state index in [2.05, 4.69) is 36.5 Å². The smallest absolute Gasteiger partial charge is 0.357 e. The van der Waals surface area contributed by atoms with Gasteiger partial charge in [0.1, 0.15) is 10.8 Å². The first-order valence-corrected chi connectivity index (χ1v) is 8.94. The lowest BCUT2D eigenvalue weighted by Crippen LogP contribution is -2.36. The van der Waals surface area contributed by atoms with Crippen molar-refractivity contribution in [3.05, 3.63) is 50.1 Å². The lowest BCUT2D eigenvalue weighted by Gasteiger charge is -2.10. The Balaban J connectivity index is 0.00000338. The Kier molecular flexibility index (Phi) is 9.24. The summed E-state index contributed by atoms with van der Waals surface area (Å²) in [6.45, 7) is 2.77. The maximum atomic E-state index is 13.4. The van der Waals surface area contributed by atoms with Crippen LogP contribution in [0.3, 0.4) is 0 Å². The van der Waals surface area contributed by atoms with Gasteiger partial charge in [0.25, 0.3) is 0 Å². The summed E-state index contributed by atoms with van der Waals surface area (Å²) in [5.74, 6) is 0.0339. The van der Waals surface area contributed by atoms with Crippen molar-refractivity contribution in [2.45, 2.75) is 26.2 Å². The number of nitrogens with zero attached hydrogens (tertiary/aromatic N) is 2. The van der Waals surface area contributed by atoms with Gasteiger partial charge in [0.15, 0.2) is 11.7 Å². The monoisotopic (exact) mass is 566 g/mol. The number of aromatic nitrogens is 1. The molecule has 0 aliphatic carbocycles. The van der Waals surface area contributed by atoms with Crippen LogP contribution in [0.2, 0.25) is 0 Å². The number of hydrogen-bond acceptors (Lipinski definition) is 3. The summed E-state index contributed by atoms with van der Waals surface area (Å²) in [5, 5.41) is 7.17. The number of halogens is 6. The van der Waals surface area contributed by atoms with Crippen LogP contribution in [0.4, 0.5) is 17.6 Å². The lowest BCUT2D eigenvalue weighted by atomic mass is 10.2. The van der Waals surface area contributed by atoms with Crippen molar-refractivity contribution in [2.24, 2.45) is 4.99 Å². The molecule has 1 aromatic heterocycles. The summed E-state index contributed by atoms with van der Waals surface area (Å²) in [6, 6.07) is 4.46. The van der Waals surface area contributed by atoms with Gasteiger partial charge in [-0.2, -0.15) is 13.2 Å². The molecule has 1 heterocycles. The third-order valence-corrected chi connectivity index (χ3v) is 4.24. The third-order valence-electron chi connectivity index (χ3n) is 2.94. The van der Waals surface area contributed by atoms with Crippen LogP contribution in [0.25, 0.3) is 0 Å². The highest BCUT2D eigenvalue weighted by atomic mass is 127. The molecule has 0 saturated heterocycles. The van der Waals surface area contributed by atoms with E-state index in [-0.39, 0.29) is 42.9 Å². The van der Waals surface area contributed by atoms with E-state index in [1.54, 1.807) is 6.07 Å². The molecule has 0 aliphatic heterocycles. The molecule has 0 saturated carbocycles. The van der Waals surface area contributed by atoms with Crippen molar-refractivity contribution in [1.29, 1.82) is 0 Å². The van der Waals surface area contributed by atoms with Gasteiger partial charge in [-0.3, -0.25) is 0 Å². The SMILES string of the molecule is CCNC(=NCc1cc(F)cc(Br)c1)NCc1nc(C(F)(F)F)cs1.I. The molecule has 26 heavy (non-hydrogen) atoms. The molecule has 0 bridgehead atoms. The molecule has 11 heteroatoms. The van der Waals surface area contributed by atoms with Crippen LogP contribution in [-0.2, 0) is 19.3 Å². The molecule has 0 aliphatic rings. The van der Waals surface area contributed by atoms with E-state index < -0.39 is 11.9 Å². The summed E-state index contributed by atoms with van der Waals surface area (Å²) >= 11 is 4.13. The van der Waals surface area contributed by atoms with Crippen LogP contribution in [-0.4, -0.2) is 17.5 Å². The second kappa shape index (κ2) is 10.4. The maximum Gasteiger partial charge on any atom is 0.434 e. The first kappa shape index (κ1) is 23.1. The minimum Gasteiger partial charge on any atom is -0.357 e. The average Bonchev–Trinajstić information content (AvgIpc) is 2.98. The Morgan fingerprint density at radius 2 is 2.00 bits per heavy atom. The minimum absolute atomic E-state index is 0. The number of aliphatic imine (C=N–C) groups is 1. The van der Waals surface area contributed by atoms with Gasteiger partial charge >= 0.3 is 6.18 Å². The Morgan fingerprint density at radius 1 is 1.27 bits per heavy atom. The molecule has 2 N–H and O–H groups in total. The van der Waals surface area contributed by atoms with E-state index in [9.17, 15) is 17.6 Å². The molecule has 0 amide bonds. The molecule has 4 nitrogen and oxygen atoms in total. The van der Waals surface area contributed by atoms with Gasteiger partial charge in [-0.05, 0) is 30.7 Å². The van der Waals surface area contributed by atoms with Crippen LogP contribution in [0.5, 0.6) is 0 Å². The Bertz CT molecular complexity index is 731. The quantitative estimate of drug-likeness (QED) is 0.233. The van der Waals surface area contributed by atoms with E-state index in [0.717, 1.165) is 16.7 Å². The van der Waals surface area contributed by atoms with Gasteiger partial charge in [-0.15, -0.1) is 35.3 Å². The van der Waals surface area contributed by atoms with Crippen LogP contribution >= 0.6 is 51.2 Å². The van der Waals surface area contributed by atoms with E-state index in [1.165, 1.54) is 12.1 Å². The predicted molar refractivity (Wildman–Crippen MR) is 108 cm³/mol. The molecule has 1 aromatic carbocycles. The molecule has 144 valence electrons. The molecule has 0 fully saturated rings. The van der Waals surface area contributed by atoms with Crippen molar-refractivity contribution < 1.29 is 17.6 Å². The van der Waals surface area contributed by atoms with Crippen molar-refractivity contribution in [1.82, 2.24) is 15.6 Å². The van der Waals surface area contributed by atoms with Gasteiger partial charge in [-0.1, -0.05) is 15.9 Å². The number of rotatable bonds is 5. The number of guanidine groups is 1. The molecule has 2 aromatic rings. The van der Waals surface area contributed by atoms with E-state index in [4.69, 9.17) is 0 Å². The normalized spacial score (nSPS) is 11.8. The van der Waals surface area contributed by atoms with Crippen LogP contribution in [0.1, 0.15) is 23.2 Å². The summed E-state index contributed by atoms with van der Waals surface area (Å²) in [6.07, 6.45) is -4.45. The number of nitrogens with one attached hydrogen (secondary N) is 2. The predicted octanol–water partition coefficient (Wildman–Crippen LogP) is 4.94. The molecule has 2 rings (SSSR count).